The SMILES string of the molecule is CCCCOCCC(=O)CN(CC)CC. The van der Waals surface area contributed by atoms with Crippen LogP contribution in [0.4, 0.5) is 0 Å². The van der Waals surface area contributed by atoms with Gasteiger partial charge >= 0.3 is 0 Å². The molecule has 0 aromatic carbocycles. The Morgan fingerprint density at radius 1 is 1.13 bits per heavy atom. The van der Waals surface area contributed by atoms with Crippen molar-refractivity contribution in [3.05, 3.63) is 0 Å². The number of likely N-dealkylation sites (N-methyl/N-ethyl adjacent to an activating group) is 1. The first-order valence-corrected chi connectivity index (χ1v) is 6.06. The molecule has 0 aliphatic heterocycles. The molecule has 0 amide bonds. The number of Topliss-reactive ketones (excluding diaryl/α,β-unsaturated/α-hetero) is 1. The minimum absolute atomic E-state index is 0.287. The Morgan fingerprint density at radius 3 is 2.33 bits per heavy atom. The van der Waals surface area contributed by atoms with Crippen molar-refractivity contribution in [2.45, 2.75) is 40.0 Å². The van der Waals surface area contributed by atoms with Gasteiger partial charge in [0.1, 0.15) is 5.78 Å². The first-order valence-electron chi connectivity index (χ1n) is 6.06. The van der Waals surface area contributed by atoms with E-state index in [1.54, 1.807) is 0 Å². The Hall–Kier alpha value is -0.410. The van der Waals surface area contributed by atoms with Crippen LogP contribution in [0.1, 0.15) is 40.0 Å². The van der Waals surface area contributed by atoms with E-state index < -0.39 is 0 Å². The molecule has 0 unspecified atom stereocenters. The highest BCUT2D eigenvalue weighted by Crippen LogP contribution is 1.94. The maximum Gasteiger partial charge on any atom is 0.149 e. The number of ether oxygens (including phenoxy) is 1. The van der Waals surface area contributed by atoms with Crippen LogP contribution in [-0.4, -0.2) is 43.5 Å². The second kappa shape index (κ2) is 10.1. The van der Waals surface area contributed by atoms with Crippen LogP contribution in [0.5, 0.6) is 0 Å². The van der Waals surface area contributed by atoms with E-state index in [0.717, 1.165) is 32.5 Å². The zero-order chi connectivity index (χ0) is 11.5. The number of hydrogen-bond acceptors (Lipinski definition) is 3. The van der Waals surface area contributed by atoms with Crippen molar-refractivity contribution >= 4 is 5.78 Å². The molecule has 0 saturated heterocycles. The Balaban J connectivity index is 3.40. The van der Waals surface area contributed by atoms with Crippen molar-refractivity contribution in [3.8, 4) is 0 Å². The largest absolute Gasteiger partial charge is 0.381 e. The van der Waals surface area contributed by atoms with Crippen molar-refractivity contribution in [3.63, 3.8) is 0 Å². The van der Waals surface area contributed by atoms with Gasteiger partial charge in [-0.2, -0.15) is 0 Å². The summed E-state index contributed by atoms with van der Waals surface area (Å²) in [5.41, 5.74) is 0. The number of ketones is 1. The molecule has 0 spiro atoms. The monoisotopic (exact) mass is 215 g/mol. The van der Waals surface area contributed by atoms with Crippen molar-refractivity contribution in [2.24, 2.45) is 0 Å². The fourth-order valence-electron chi connectivity index (χ4n) is 1.31. The summed E-state index contributed by atoms with van der Waals surface area (Å²) in [4.78, 5) is 13.6. The van der Waals surface area contributed by atoms with E-state index in [2.05, 4.69) is 25.7 Å². The van der Waals surface area contributed by atoms with Crippen LogP contribution in [0, 0.1) is 0 Å². The van der Waals surface area contributed by atoms with Crippen molar-refractivity contribution in [1.82, 2.24) is 4.90 Å². The lowest BCUT2D eigenvalue weighted by Gasteiger charge is -2.16. The molecule has 0 aromatic heterocycles. The lowest BCUT2D eigenvalue weighted by atomic mass is 10.2. The summed E-state index contributed by atoms with van der Waals surface area (Å²) in [5, 5.41) is 0. The molecule has 0 fully saturated rings. The molecule has 0 rings (SSSR count). The number of nitrogens with zero attached hydrogens (tertiary/aromatic N) is 1. The highest BCUT2D eigenvalue weighted by molar-refractivity contribution is 5.80. The topological polar surface area (TPSA) is 29.5 Å². The Morgan fingerprint density at radius 2 is 1.80 bits per heavy atom. The quantitative estimate of drug-likeness (QED) is 0.523. The predicted molar refractivity (Wildman–Crippen MR) is 63.1 cm³/mol. The molecule has 0 bridgehead atoms. The molecule has 3 nitrogen and oxygen atoms in total. The fraction of sp³-hybridized carbons (Fsp3) is 0.917. The van der Waals surface area contributed by atoms with E-state index >= 15 is 0 Å². The highest BCUT2D eigenvalue weighted by atomic mass is 16.5. The lowest BCUT2D eigenvalue weighted by molar-refractivity contribution is -0.121. The van der Waals surface area contributed by atoms with Gasteiger partial charge in [0.05, 0.1) is 13.2 Å². The van der Waals surface area contributed by atoms with Gasteiger partial charge in [0, 0.05) is 13.0 Å². The molecule has 0 atom stereocenters. The standard InChI is InChI=1S/C12H25NO2/c1-4-7-9-15-10-8-12(14)11-13(5-2)6-3/h4-11H2,1-3H3. The molecule has 0 aliphatic carbocycles. The molecule has 3 heteroatoms. The Bertz CT molecular complexity index is 156. The van der Waals surface area contributed by atoms with Gasteiger partial charge in [0.15, 0.2) is 0 Å². The van der Waals surface area contributed by atoms with Crippen LogP contribution in [-0.2, 0) is 9.53 Å². The average Bonchev–Trinajstić information content (AvgIpc) is 2.25. The molecule has 0 radical (unpaired) electrons. The second-order valence-electron chi connectivity index (χ2n) is 3.72. The van der Waals surface area contributed by atoms with Crippen LogP contribution in [0.3, 0.4) is 0 Å². The van der Waals surface area contributed by atoms with Gasteiger partial charge in [0.2, 0.25) is 0 Å². The van der Waals surface area contributed by atoms with Gasteiger partial charge in [-0.25, -0.2) is 0 Å². The lowest BCUT2D eigenvalue weighted by Crippen LogP contribution is -2.29. The van der Waals surface area contributed by atoms with Crippen LogP contribution in [0.2, 0.25) is 0 Å². The molecular weight excluding hydrogens is 190 g/mol. The van der Waals surface area contributed by atoms with Crippen molar-refractivity contribution in [2.75, 3.05) is 32.8 Å². The smallest absolute Gasteiger partial charge is 0.149 e. The number of carbonyl (C=O) groups is 1. The Kier molecular flexibility index (Phi) is 9.84. The van der Waals surface area contributed by atoms with E-state index in [1.807, 2.05) is 0 Å². The van der Waals surface area contributed by atoms with Gasteiger partial charge in [-0.3, -0.25) is 9.69 Å². The summed E-state index contributed by atoms with van der Waals surface area (Å²) >= 11 is 0. The highest BCUT2D eigenvalue weighted by Gasteiger charge is 2.06. The molecular formula is C12H25NO2. The number of unbranched alkanes of at least 4 members (excludes halogenated alkanes) is 1. The summed E-state index contributed by atoms with van der Waals surface area (Å²) in [5.74, 6) is 0.287. The maximum absolute atomic E-state index is 11.5. The summed E-state index contributed by atoms with van der Waals surface area (Å²) in [6.45, 7) is 10.1. The summed E-state index contributed by atoms with van der Waals surface area (Å²) < 4.78 is 5.35. The minimum Gasteiger partial charge on any atom is -0.381 e. The van der Waals surface area contributed by atoms with E-state index in [0.29, 0.717) is 19.6 Å². The Labute approximate surface area is 93.8 Å². The van der Waals surface area contributed by atoms with Crippen LogP contribution >= 0.6 is 0 Å². The summed E-state index contributed by atoms with van der Waals surface area (Å²) in [7, 11) is 0. The summed E-state index contributed by atoms with van der Waals surface area (Å²) in [6, 6.07) is 0. The zero-order valence-corrected chi connectivity index (χ0v) is 10.4. The van der Waals surface area contributed by atoms with E-state index in [1.165, 1.54) is 0 Å². The third kappa shape index (κ3) is 8.58. The fourth-order valence-corrected chi connectivity index (χ4v) is 1.31. The predicted octanol–water partition coefficient (Wildman–Crippen LogP) is 2.10. The van der Waals surface area contributed by atoms with E-state index in [4.69, 9.17) is 4.74 Å². The number of carbonyl (C=O) groups excluding carboxylic acids is 1. The molecule has 90 valence electrons. The van der Waals surface area contributed by atoms with Gasteiger partial charge in [-0.15, -0.1) is 0 Å². The molecule has 0 saturated carbocycles. The maximum atomic E-state index is 11.5. The van der Waals surface area contributed by atoms with E-state index in [9.17, 15) is 4.79 Å². The van der Waals surface area contributed by atoms with Gasteiger partial charge in [-0.05, 0) is 19.5 Å². The van der Waals surface area contributed by atoms with Crippen LogP contribution in [0.25, 0.3) is 0 Å². The zero-order valence-electron chi connectivity index (χ0n) is 10.4. The molecule has 0 N–H and O–H groups in total. The van der Waals surface area contributed by atoms with Crippen LogP contribution in [0.15, 0.2) is 0 Å². The molecule has 0 aromatic rings. The number of rotatable bonds is 10. The van der Waals surface area contributed by atoms with Gasteiger partial charge < -0.3 is 4.74 Å². The third-order valence-electron chi connectivity index (χ3n) is 2.46. The van der Waals surface area contributed by atoms with Crippen molar-refractivity contribution in [1.29, 1.82) is 0 Å². The van der Waals surface area contributed by atoms with E-state index in [-0.39, 0.29) is 5.78 Å². The summed E-state index contributed by atoms with van der Waals surface area (Å²) in [6.07, 6.45) is 2.79. The van der Waals surface area contributed by atoms with Crippen LogP contribution < -0.4 is 0 Å². The molecule has 15 heavy (non-hydrogen) atoms. The third-order valence-corrected chi connectivity index (χ3v) is 2.46. The first-order chi connectivity index (χ1) is 7.24. The normalized spacial score (nSPS) is 10.9. The van der Waals surface area contributed by atoms with Gasteiger partial charge in [0.25, 0.3) is 0 Å². The molecule has 0 heterocycles. The first kappa shape index (κ1) is 14.6. The van der Waals surface area contributed by atoms with Crippen molar-refractivity contribution < 1.29 is 9.53 Å². The average molecular weight is 215 g/mol. The van der Waals surface area contributed by atoms with Gasteiger partial charge in [-0.1, -0.05) is 27.2 Å². The minimum atomic E-state index is 0.287. The molecule has 0 aliphatic rings. The number of hydrogen-bond donors (Lipinski definition) is 0. The second-order valence-corrected chi connectivity index (χ2v) is 3.72.